The van der Waals surface area contributed by atoms with Gasteiger partial charge in [0.05, 0.1) is 31.2 Å². The lowest BCUT2D eigenvalue weighted by Crippen LogP contribution is -2.07. The molecule has 2 unspecified atom stereocenters. The Labute approximate surface area is 156 Å². The van der Waals surface area contributed by atoms with Gasteiger partial charge in [-0.25, -0.2) is 4.98 Å². The highest BCUT2D eigenvalue weighted by atomic mass is 16.5. The molecule has 1 saturated carbocycles. The Bertz CT molecular complexity index is 1010. The molecule has 4 rings (SSSR count). The summed E-state index contributed by atoms with van der Waals surface area (Å²) in [5.74, 6) is 2.65. The van der Waals surface area contributed by atoms with Crippen molar-refractivity contribution in [2.75, 3.05) is 13.7 Å². The highest BCUT2D eigenvalue weighted by Gasteiger charge is 2.40. The van der Waals surface area contributed by atoms with Crippen LogP contribution in [0.2, 0.25) is 0 Å². The summed E-state index contributed by atoms with van der Waals surface area (Å²) in [6.07, 6.45) is 4.46. The fourth-order valence-electron chi connectivity index (χ4n) is 3.18. The van der Waals surface area contributed by atoms with E-state index < -0.39 is 0 Å². The third kappa shape index (κ3) is 3.55. The standard InChI is InChI=1S/C19H21N5O3/c1-11-20-9-15(17-7-18(25)23-24(17)2)19(22-11)27-10-12-6-14(12)16-5-4-13(26-3)8-21-16/h4-5,7-9,12,14H,6,10H2,1-3H3,(H,23,25). The molecule has 3 heterocycles. The molecule has 0 aromatic carbocycles. The van der Waals surface area contributed by atoms with Gasteiger partial charge in [0.2, 0.25) is 5.88 Å². The van der Waals surface area contributed by atoms with Crippen LogP contribution in [0.3, 0.4) is 0 Å². The summed E-state index contributed by atoms with van der Waals surface area (Å²) in [4.78, 5) is 24.7. The second-order valence-corrected chi connectivity index (χ2v) is 6.74. The number of aryl methyl sites for hydroxylation is 2. The van der Waals surface area contributed by atoms with Crippen LogP contribution in [-0.2, 0) is 7.05 Å². The SMILES string of the molecule is COc1ccc(C2CC2COc2nc(C)ncc2-c2cc(=O)[nH]n2C)nc1. The molecular weight excluding hydrogens is 346 g/mol. The summed E-state index contributed by atoms with van der Waals surface area (Å²) in [5.41, 5.74) is 2.27. The monoisotopic (exact) mass is 367 g/mol. The molecule has 0 bridgehead atoms. The quantitative estimate of drug-likeness (QED) is 0.717. The highest BCUT2D eigenvalue weighted by molar-refractivity contribution is 5.64. The van der Waals surface area contributed by atoms with E-state index in [0.717, 1.165) is 17.9 Å². The molecule has 1 aliphatic carbocycles. The number of methoxy groups -OCH3 is 1. The molecule has 2 atom stereocenters. The Morgan fingerprint density at radius 3 is 2.81 bits per heavy atom. The van der Waals surface area contributed by atoms with Crippen molar-refractivity contribution in [1.82, 2.24) is 24.7 Å². The molecule has 0 amide bonds. The first kappa shape index (κ1) is 17.3. The number of ether oxygens (including phenoxy) is 2. The molecule has 1 N–H and O–H groups in total. The van der Waals surface area contributed by atoms with Crippen molar-refractivity contribution in [2.45, 2.75) is 19.3 Å². The third-order valence-electron chi connectivity index (χ3n) is 4.79. The van der Waals surface area contributed by atoms with E-state index >= 15 is 0 Å². The number of hydrogen-bond donors (Lipinski definition) is 1. The number of aromatic nitrogens is 5. The molecule has 8 nitrogen and oxygen atoms in total. The molecule has 3 aromatic heterocycles. The molecule has 0 radical (unpaired) electrons. The average Bonchev–Trinajstić information content (AvgIpc) is 3.37. The second-order valence-electron chi connectivity index (χ2n) is 6.74. The Morgan fingerprint density at radius 2 is 2.15 bits per heavy atom. The van der Waals surface area contributed by atoms with Gasteiger partial charge in [-0.05, 0) is 25.5 Å². The number of nitrogens with one attached hydrogen (secondary N) is 1. The Hall–Kier alpha value is -3.16. The van der Waals surface area contributed by atoms with E-state index in [1.165, 1.54) is 6.07 Å². The fraction of sp³-hybridized carbons (Fsp3) is 0.368. The molecule has 140 valence electrons. The van der Waals surface area contributed by atoms with E-state index in [-0.39, 0.29) is 5.56 Å². The van der Waals surface area contributed by atoms with Crippen LogP contribution in [0.5, 0.6) is 11.6 Å². The summed E-state index contributed by atoms with van der Waals surface area (Å²) in [5, 5.41) is 2.69. The van der Waals surface area contributed by atoms with Crippen LogP contribution in [0.4, 0.5) is 0 Å². The topological polar surface area (TPSA) is 94.9 Å². The molecule has 1 aliphatic rings. The zero-order valence-corrected chi connectivity index (χ0v) is 15.5. The number of H-pyrrole nitrogens is 1. The second kappa shape index (κ2) is 6.86. The van der Waals surface area contributed by atoms with Gasteiger partial charge in [0.1, 0.15) is 11.6 Å². The van der Waals surface area contributed by atoms with Crippen molar-refractivity contribution in [3.63, 3.8) is 0 Å². The maximum Gasteiger partial charge on any atom is 0.264 e. The Kier molecular flexibility index (Phi) is 4.39. The molecule has 1 fully saturated rings. The summed E-state index contributed by atoms with van der Waals surface area (Å²) < 4.78 is 12.8. The van der Waals surface area contributed by atoms with Crippen LogP contribution in [0.15, 0.2) is 35.4 Å². The lowest BCUT2D eigenvalue weighted by atomic mass is 10.2. The van der Waals surface area contributed by atoms with Crippen LogP contribution in [-0.4, -0.2) is 38.4 Å². The molecule has 0 aliphatic heterocycles. The van der Waals surface area contributed by atoms with Crippen LogP contribution >= 0.6 is 0 Å². The van der Waals surface area contributed by atoms with E-state index in [1.807, 2.05) is 19.1 Å². The normalized spacial score (nSPS) is 18.3. The fourth-order valence-corrected chi connectivity index (χ4v) is 3.18. The summed E-state index contributed by atoms with van der Waals surface area (Å²) in [6.45, 7) is 2.36. The number of rotatable bonds is 6. The first-order valence-corrected chi connectivity index (χ1v) is 8.78. The van der Waals surface area contributed by atoms with Crippen molar-refractivity contribution in [2.24, 2.45) is 13.0 Å². The average molecular weight is 367 g/mol. The van der Waals surface area contributed by atoms with Crippen molar-refractivity contribution < 1.29 is 9.47 Å². The maximum atomic E-state index is 11.6. The van der Waals surface area contributed by atoms with E-state index in [1.54, 1.807) is 31.2 Å². The van der Waals surface area contributed by atoms with Gasteiger partial charge >= 0.3 is 0 Å². The van der Waals surface area contributed by atoms with Crippen LogP contribution < -0.4 is 15.0 Å². The predicted molar refractivity (Wildman–Crippen MR) is 98.9 cm³/mol. The van der Waals surface area contributed by atoms with Crippen molar-refractivity contribution in [1.29, 1.82) is 0 Å². The maximum absolute atomic E-state index is 11.6. The number of pyridine rings is 1. The number of nitrogens with zero attached hydrogens (tertiary/aromatic N) is 4. The van der Waals surface area contributed by atoms with Gasteiger partial charge in [0.25, 0.3) is 5.56 Å². The first-order valence-electron chi connectivity index (χ1n) is 8.78. The van der Waals surface area contributed by atoms with Gasteiger partial charge in [0.15, 0.2) is 0 Å². The van der Waals surface area contributed by atoms with E-state index in [0.29, 0.717) is 41.4 Å². The van der Waals surface area contributed by atoms with Crippen LogP contribution in [0.25, 0.3) is 11.3 Å². The Balaban J connectivity index is 1.48. The van der Waals surface area contributed by atoms with E-state index in [4.69, 9.17) is 9.47 Å². The smallest absolute Gasteiger partial charge is 0.264 e. The van der Waals surface area contributed by atoms with Gasteiger partial charge in [0, 0.05) is 36.8 Å². The van der Waals surface area contributed by atoms with Gasteiger partial charge in [-0.3, -0.25) is 19.6 Å². The van der Waals surface area contributed by atoms with Gasteiger partial charge in [-0.1, -0.05) is 0 Å². The minimum Gasteiger partial charge on any atom is -0.495 e. The summed E-state index contributed by atoms with van der Waals surface area (Å²) in [6, 6.07) is 5.44. The molecule has 8 heteroatoms. The van der Waals surface area contributed by atoms with E-state index in [2.05, 4.69) is 20.1 Å². The Morgan fingerprint density at radius 1 is 1.30 bits per heavy atom. The third-order valence-corrected chi connectivity index (χ3v) is 4.79. The van der Waals surface area contributed by atoms with E-state index in [9.17, 15) is 4.79 Å². The van der Waals surface area contributed by atoms with Gasteiger partial charge in [-0.2, -0.15) is 4.98 Å². The zero-order valence-electron chi connectivity index (χ0n) is 15.5. The molecular formula is C19H21N5O3. The lowest BCUT2D eigenvalue weighted by molar-refractivity contribution is 0.285. The summed E-state index contributed by atoms with van der Waals surface area (Å²) in [7, 11) is 3.40. The van der Waals surface area contributed by atoms with Crippen molar-refractivity contribution in [3.05, 3.63) is 52.5 Å². The molecule has 3 aromatic rings. The molecule has 0 saturated heterocycles. The highest BCUT2D eigenvalue weighted by Crippen LogP contribution is 2.47. The zero-order chi connectivity index (χ0) is 19.0. The number of aromatic amines is 1. The first-order chi connectivity index (χ1) is 13.0. The molecule has 0 spiro atoms. The molecule has 27 heavy (non-hydrogen) atoms. The lowest BCUT2D eigenvalue weighted by Gasteiger charge is -2.11. The number of hydrogen-bond acceptors (Lipinski definition) is 6. The van der Waals surface area contributed by atoms with Crippen LogP contribution in [0.1, 0.15) is 23.9 Å². The van der Waals surface area contributed by atoms with Gasteiger partial charge < -0.3 is 9.47 Å². The summed E-state index contributed by atoms with van der Waals surface area (Å²) >= 11 is 0. The minimum absolute atomic E-state index is 0.174. The van der Waals surface area contributed by atoms with Crippen molar-refractivity contribution >= 4 is 0 Å². The largest absolute Gasteiger partial charge is 0.495 e. The van der Waals surface area contributed by atoms with Crippen molar-refractivity contribution in [3.8, 4) is 22.9 Å². The predicted octanol–water partition coefficient (Wildman–Crippen LogP) is 2.06. The minimum atomic E-state index is -0.174. The van der Waals surface area contributed by atoms with Gasteiger partial charge in [-0.15, -0.1) is 0 Å². The van der Waals surface area contributed by atoms with Crippen LogP contribution in [0, 0.1) is 12.8 Å².